The van der Waals surface area contributed by atoms with Gasteiger partial charge in [-0.25, -0.2) is 8.78 Å². The zero-order valence-electron chi connectivity index (χ0n) is 16.4. The van der Waals surface area contributed by atoms with Crippen molar-refractivity contribution >= 4 is 5.91 Å². The van der Waals surface area contributed by atoms with E-state index in [4.69, 9.17) is 9.47 Å². The fraction of sp³-hybridized carbons (Fsp3) is 0.409. The molecule has 2 aromatic rings. The topological polar surface area (TPSA) is 42.0 Å². The third-order valence-corrected chi connectivity index (χ3v) is 5.51. The Morgan fingerprint density at radius 1 is 1.10 bits per heavy atom. The average molecular weight is 402 g/mol. The van der Waals surface area contributed by atoms with Gasteiger partial charge in [-0.15, -0.1) is 0 Å². The van der Waals surface area contributed by atoms with Gasteiger partial charge < -0.3 is 14.4 Å². The fourth-order valence-electron chi connectivity index (χ4n) is 4.25. The van der Waals surface area contributed by atoms with Crippen molar-refractivity contribution in [1.82, 2.24) is 9.80 Å². The Hall–Kier alpha value is -2.51. The van der Waals surface area contributed by atoms with Crippen LogP contribution in [0.15, 0.2) is 42.5 Å². The SMILES string of the molecule is COc1ccc(C(=O)N2CCOCC3(CN(Cc4cc(F)cc(F)c4)C3)C2)cc1. The zero-order valence-corrected chi connectivity index (χ0v) is 16.4. The van der Waals surface area contributed by atoms with Crippen molar-refractivity contribution in [3.63, 3.8) is 0 Å². The Morgan fingerprint density at radius 2 is 1.79 bits per heavy atom. The molecule has 5 nitrogen and oxygen atoms in total. The molecule has 2 aliphatic rings. The second kappa shape index (κ2) is 8.08. The average Bonchev–Trinajstić information content (AvgIpc) is 2.90. The summed E-state index contributed by atoms with van der Waals surface area (Å²) in [4.78, 5) is 16.9. The first-order valence-corrected chi connectivity index (χ1v) is 9.65. The highest BCUT2D eigenvalue weighted by atomic mass is 19.1. The largest absolute Gasteiger partial charge is 0.497 e. The Bertz CT molecular complexity index is 862. The standard InChI is InChI=1S/C22H24F2N2O3/c1-28-20-4-2-17(3-5-20)21(27)26-6-7-29-15-22(14-26)12-25(13-22)11-16-8-18(23)10-19(24)9-16/h2-5,8-10H,6-7,11-15H2,1H3. The van der Waals surface area contributed by atoms with Crippen molar-refractivity contribution in [1.29, 1.82) is 0 Å². The van der Waals surface area contributed by atoms with E-state index in [9.17, 15) is 13.6 Å². The van der Waals surface area contributed by atoms with E-state index >= 15 is 0 Å². The monoisotopic (exact) mass is 402 g/mol. The lowest BCUT2D eigenvalue weighted by Gasteiger charge is -2.50. The number of rotatable bonds is 4. The van der Waals surface area contributed by atoms with Gasteiger partial charge in [0.15, 0.2) is 0 Å². The molecular formula is C22H24F2N2O3. The number of amides is 1. The molecular weight excluding hydrogens is 378 g/mol. The minimum Gasteiger partial charge on any atom is -0.497 e. The summed E-state index contributed by atoms with van der Waals surface area (Å²) in [6, 6.07) is 10.7. The minimum atomic E-state index is -0.565. The predicted octanol–water partition coefficient (Wildman–Crippen LogP) is 2.95. The lowest BCUT2D eigenvalue weighted by Crippen LogP contribution is -2.62. The van der Waals surface area contributed by atoms with Crippen LogP contribution < -0.4 is 4.74 Å². The fourth-order valence-corrected chi connectivity index (χ4v) is 4.25. The van der Waals surface area contributed by atoms with E-state index in [0.29, 0.717) is 49.7 Å². The van der Waals surface area contributed by atoms with Crippen LogP contribution >= 0.6 is 0 Å². The summed E-state index contributed by atoms with van der Waals surface area (Å²) in [6.45, 7) is 4.14. The minimum absolute atomic E-state index is 0.0248. The van der Waals surface area contributed by atoms with Gasteiger partial charge in [-0.2, -0.15) is 0 Å². The Labute approximate surface area is 168 Å². The number of nitrogens with zero attached hydrogens (tertiary/aromatic N) is 2. The third-order valence-electron chi connectivity index (χ3n) is 5.51. The Balaban J connectivity index is 1.40. The molecule has 0 aromatic heterocycles. The quantitative estimate of drug-likeness (QED) is 0.789. The summed E-state index contributed by atoms with van der Waals surface area (Å²) in [6.07, 6.45) is 0. The number of methoxy groups -OCH3 is 1. The molecule has 2 heterocycles. The van der Waals surface area contributed by atoms with Crippen molar-refractivity contribution in [2.45, 2.75) is 6.54 Å². The predicted molar refractivity (Wildman–Crippen MR) is 104 cm³/mol. The summed E-state index contributed by atoms with van der Waals surface area (Å²) in [5, 5.41) is 0. The van der Waals surface area contributed by atoms with Crippen LogP contribution in [0.3, 0.4) is 0 Å². The molecule has 7 heteroatoms. The van der Waals surface area contributed by atoms with Gasteiger partial charge >= 0.3 is 0 Å². The molecule has 2 saturated heterocycles. The van der Waals surface area contributed by atoms with Crippen LogP contribution in [0.25, 0.3) is 0 Å². The van der Waals surface area contributed by atoms with E-state index in [1.165, 1.54) is 12.1 Å². The van der Waals surface area contributed by atoms with Crippen molar-refractivity contribution in [3.8, 4) is 5.75 Å². The number of benzene rings is 2. The van der Waals surface area contributed by atoms with Gasteiger partial charge in [-0.1, -0.05) is 0 Å². The van der Waals surface area contributed by atoms with Gasteiger partial charge in [0.05, 0.1) is 20.3 Å². The lowest BCUT2D eigenvalue weighted by atomic mass is 9.79. The number of carbonyl (C=O) groups excluding carboxylic acids is 1. The van der Waals surface area contributed by atoms with Crippen LogP contribution in [0, 0.1) is 17.0 Å². The van der Waals surface area contributed by atoms with E-state index < -0.39 is 11.6 Å². The molecule has 0 N–H and O–H groups in total. The maximum atomic E-state index is 13.4. The number of ether oxygens (including phenoxy) is 2. The van der Waals surface area contributed by atoms with Crippen molar-refractivity contribution in [2.75, 3.05) is 46.5 Å². The number of hydrogen-bond acceptors (Lipinski definition) is 4. The first-order valence-electron chi connectivity index (χ1n) is 9.65. The molecule has 0 unspecified atom stereocenters. The molecule has 2 aliphatic heterocycles. The van der Waals surface area contributed by atoms with Gasteiger partial charge in [0.2, 0.25) is 0 Å². The van der Waals surface area contributed by atoms with Crippen LogP contribution in [0.2, 0.25) is 0 Å². The molecule has 0 atom stereocenters. The zero-order chi connectivity index (χ0) is 20.4. The van der Waals surface area contributed by atoms with Crippen LogP contribution in [0.4, 0.5) is 8.78 Å². The molecule has 0 saturated carbocycles. The van der Waals surface area contributed by atoms with Crippen molar-refractivity contribution < 1.29 is 23.0 Å². The summed E-state index contributed by atoms with van der Waals surface area (Å²) in [5.74, 6) is -0.447. The third kappa shape index (κ3) is 4.41. The molecule has 2 fully saturated rings. The number of hydrogen-bond donors (Lipinski definition) is 0. The molecule has 4 rings (SSSR count). The smallest absolute Gasteiger partial charge is 0.253 e. The molecule has 0 aliphatic carbocycles. The van der Waals surface area contributed by atoms with Crippen molar-refractivity contribution in [3.05, 3.63) is 65.2 Å². The van der Waals surface area contributed by atoms with E-state index in [0.717, 1.165) is 19.2 Å². The summed E-state index contributed by atoms with van der Waals surface area (Å²) < 4.78 is 37.8. The van der Waals surface area contributed by atoms with E-state index in [1.54, 1.807) is 31.4 Å². The second-order valence-corrected chi connectivity index (χ2v) is 7.93. The summed E-state index contributed by atoms with van der Waals surface area (Å²) in [5.41, 5.74) is 1.08. The maximum absolute atomic E-state index is 13.4. The lowest BCUT2D eigenvalue weighted by molar-refractivity contribution is -0.0606. The molecule has 2 aromatic carbocycles. The van der Waals surface area contributed by atoms with Gasteiger partial charge in [0.25, 0.3) is 5.91 Å². The van der Waals surface area contributed by atoms with Crippen LogP contribution in [0.1, 0.15) is 15.9 Å². The highest BCUT2D eigenvalue weighted by molar-refractivity contribution is 5.94. The normalized spacial score (nSPS) is 18.9. The van der Waals surface area contributed by atoms with Crippen molar-refractivity contribution in [2.24, 2.45) is 5.41 Å². The molecule has 29 heavy (non-hydrogen) atoms. The molecule has 0 bridgehead atoms. The van der Waals surface area contributed by atoms with Gasteiger partial charge in [-0.05, 0) is 42.0 Å². The van der Waals surface area contributed by atoms with Crippen LogP contribution in [-0.2, 0) is 11.3 Å². The molecule has 1 amide bonds. The van der Waals surface area contributed by atoms with Gasteiger partial charge in [-0.3, -0.25) is 9.69 Å². The maximum Gasteiger partial charge on any atom is 0.253 e. The molecule has 154 valence electrons. The molecule has 0 radical (unpaired) electrons. The summed E-state index contributed by atoms with van der Waals surface area (Å²) in [7, 11) is 1.59. The summed E-state index contributed by atoms with van der Waals surface area (Å²) >= 11 is 0. The second-order valence-electron chi connectivity index (χ2n) is 7.93. The van der Waals surface area contributed by atoms with Gasteiger partial charge in [0.1, 0.15) is 17.4 Å². The number of carbonyl (C=O) groups is 1. The Morgan fingerprint density at radius 3 is 2.45 bits per heavy atom. The highest BCUT2D eigenvalue weighted by Gasteiger charge is 2.46. The van der Waals surface area contributed by atoms with E-state index in [2.05, 4.69) is 4.90 Å². The number of likely N-dealkylation sites (tertiary alicyclic amines) is 1. The van der Waals surface area contributed by atoms with E-state index in [-0.39, 0.29) is 11.3 Å². The van der Waals surface area contributed by atoms with Crippen LogP contribution in [0.5, 0.6) is 5.75 Å². The van der Waals surface area contributed by atoms with E-state index in [1.807, 2.05) is 4.90 Å². The Kier molecular flexibility index (Phi) is 5.52. The first kappa shape index (κ1) is 19.8. The highest BCUT2D eigenvalue weighted by Crippen LogP contribution is 2.35. The number of halogens is 2. The van der Waals surface area contributed by atoms with Crippen LogP contribution in [-0.4, -0.2) is 62.2 Å². The molecule has 1 spiro atoms. The first-order chi connectivity index (χ1) is 14.0. The van der Waals surface area contributed by atoms with Gasteiger partial charge in [0, 0.05) is 49.8 Å².